The molecule has 0 spiro atoms. The third-order valence-electron chi connectivity index (χ3n) is 4.11. The number of hydrogen-bond donors (Lipinski definition) is 1. The lowest BCUT2D eigenvalue weighted by atomic mass is 9.88. The van der Waals surface area contributed by atoms with Crippen LogP contribution in [0.1, 0.15) is 19.8 Å². The smallest absolute Gasteiger partial charge is 0.319 e. The monoisotopic (exact) mass is 283 g/mol. The molecular formula is C14H25N3O3. The Morgan fingerprint density at radius 1 is 1.30 bits per heavy atom. The van der Waals surface area contributed by atoms with Crippen molar-refractivity contribution in [2.75, 3.05) is 46.9 Å². The zero-order valence-corrected chi connectivity index (χ0v) is 12.6. The van der Waals surface area contributed by atoms with Gasteiger partial charge in [-0.2, -0.15) is 0 Å². The van der Waals surface area contributed by atoms with Crippen molar-refractivity contribution in [3.8, 4) is 0 Å². The molecule has 2 heterocycles. The second-order valence-electron chi connectivity index (χ2n) is 6.46. The Hall–Kier alpha value is -1.30. The normalized spacial score (nSPS) is 22.1. The van der Waals surface area contributed by atoms with Crippen LogP contribution in [0.2, 0.25) is 0 Å². The second-order valence-corrected chi connectivity index (χ2v) is 6.46. The Morgan fingerprint density at radius 2 is 1.90 bits per heavy atom. The standard InChI is InChI=1S/C14H25N3O3/c1-14(9-20-10-14)8-15-12(18)11-4-6-17(7-5-11)13(19)16(2)3/h11H,4-10H2,1-3H3,(H,15,18). The zero-order valence-electron chi connectivity index (χ0n) is 12.6. The van der Waals surface area contributed by atoms with Gasteiger partial charge in [0.25, 0.3) is 0 Å². The van der Waals surface area contributed by atoms with Gasteiger partial charge in [-0.3, -0.25) is 4.79 Å². The molecule has 0 aromatic rings. The number of piperidine rings is 1. The van der Waals surface area contributed by atoms with E-state index in [0.717, 1.165) is 26.1 Å². The quantitative estimate of drug-likeness (QED) is 0.822. The lowest BCUT2D eigenvalue weighted by Crippen LogP contribution is -2.51. The average molecular weight is 283 g/mol. The summed E-state index contributed by atoms with van der Waals surface area (Å²) in [7, 11) is 3.50. The van der Waals surface area contributed by atoms with E-state index in [-0.39, 0.29) is 23.3 Å². The van der Waals surface area contributed by atoms with Gasteiger partial charge in [-0.15, -0.1) is 0 Å². The molecule has 6 nitrogen and oxygen atoms in total. The third kappa shape index (κ3) is 3.42. The van der Waals surface area contributed by atoms with Gasteiger partial charge < -0.3 is 19.9 Å². The van der Waals surface area contributed by atoms with Crippen LogP contribution in [-0.4, -0.2) is 68.7 Å². The van der Waals surface area contributed by atoms with Crippen LogP contribution in [0.5, 0.6) is 0 Å². The molecule has 2 fully saturated rings. The van der Waals surface area contributed by atoms with Crippen LogP contribution < -0.4 is 5.32 Å². The molecule has 0 atom stereocenters. The van der Waals surface area contributed by atoms with Crippen LogP contribution in [0.4, 0.5) is 4.79 Å². The number of carbonyl (C=O) groups excluding carboxylic acids is 2. The molecule has 0 unspecified atom stereocenters. The number of hydrogen-bond acceptors (Lipinski definition) is 3. The predicted octanol–water partition coefficient (Wildman–Crippen LogP) is 0.533. The summed E-state index contributed by atoms with van der Waals surface area (Å²) in [5, 5.41) is 3.03. The number of likely N-dealkylation sites (tertiary alicyclic amines) is 1. The topological polar surface area (TPSA) is 61.9 Å². The van der Waals surface area contributed by atoms with Crippen molar-refractivity contribution in [2.24, 2.45) is 11.3 Å². The minimum atomic E-state index is 0.0305. The van der Waals surface area contributed by atoms with Gasteiger partial charge in [-0.05, 0) is 12.8 Å². The number of carbonyl (C=O) groups is 2. The van der Waals surface area contributed by atoms with E-state index in [1.807, 2.05) is 4.90 Å². The minimum absolute atomic E-state index is 0.0305. The minimum Gasteiger partial charge on any atom is -0.380 e. The molecule has 0 aromatic heterocycles. The maximum Gasteiger partial charge on any atom is 0.319 e. The van der Waals surface area contributed by atoms with Crippen molar-refractivity contribution in [3.05, 3.63) is 0 Å². The Balaban J connectivity index is 1.73. The first-order valence-corrected chi connectivity index (χ1v) is 7.23. The number of nitrogens with one attached hydrogen (secondary N) is 1. The van der Waals surface area contributed by atoms with Crippen molar-refractivity contribution in [1.29, 1.82) is 0 Å². The van der Waals surface area contributed by atoms with Gasteiger partial charge in [0, 0.05) is 45.1 Å². The van der Waals surface area contributed by atoms with E-state index in [2.05, 4.69) is 12.2 Å². The first kappa shape index (κ1) is 15.1. The number of urea groups is 1. The van der Waals surface area contributed by atoms with E-state index < -0.39 is 0 Å². The van der Waals surface area contributed by atoms with Crippen LogP contribution >= 0.6 is 0 Å². The van der Waals surface area contributed by atoms with Crippen LogP contribution in [-0.2, 0) is 9.53 Å². The molecule has 1 N–H and O–H groups in total. The Bertz CT molecular complexity index is 372. The highest BCUT2D eigenvalue weighted by Crippen LogP contribution is 2.25. The summed E-state index contributed by atoms with van der Waals surface area (Å²) >= 11 is 0. The molecular weight excluding hydrogens is 258 g/mol. The van der Waals surface area contributed by atoms with E-state index in [4.69, 9.17) is 4.74 Å². The second kappa shape index (κ2) is 5.99. The largest absolute Gasteiger partial charge is 0.380 e. The molecule has 2 aliphatic heterocycles. The first-order valence-electron chi connectivity index (χ1n) is 7.23. The van der Waals surface area contributed by atoms with Crippen LogP contribution in [0.15, 0.2) is 0 Å². The molecule has 20 heavy (non-hydrogen) atoms. The SMILES string of the molecule is CN(C)C(=O)N1CCC(C(=O)NCC2(C)COC2)CC1. The van der Waals surface area contributed by atoms with E-state index in [9.17, 15) is 9.59 Å². The molecule has 0 radical (unpaired) electrons. The summed E-state index contributed by atoms with van der Waals surface area (Å²) in [5.41, 5.74) is 0.108. The average Bonchev–Trinajstić information content (AvgIpc) is 2.42. The summed E-state index contributed by atoms with van der Waals surface area (Å²) in [6, 6.07) is 0.0305. The fourth-order valence-electron chi connectivity index (χ4n) is 2.61. The molecule has 114 valence electrons. The van der Waals surface area contributed by atoms with Gasteiger partial charge in [-0.1, -0.05) is 6.92 Å². The fourth-order valence-corrected chi connectivity index (χ4v) is 2.61. The van der Waals surface area contributed by atoms with E-state index in [1.54, 1.807) is 19.0 Å². The Labute approximate surface area is 120 Å². The summed E-state index contributed by atoms with van der Waals surface area (Å²) in [5.74, 6) is 0.154. The van der Waals surface area contributed by atoms with Crippen LogP contribution in [0, 0.1) is 11.3 Å². The maximum absolute atomic E-state index is 12.1. The summed E-state index contributed by atoms with van der Waals surface area (Å²) in [6.07, 6.45) is 1.50. The third-order valence-corrected chi connectivity index (χ3v) is 4.11. The summed E-state index contributed by atoms with van der Waals surface area (Å²) in [6.45, 7) is 5.58. The maximum atomic E-state index is 12.1. The van der Waals surface area contributed by atoms with Gasteiger partial charge in [-0.25, -0.2) is 4.79 Å². The van der Waals surface area contributed by atoms with Gasteiger partial charge >= 0.3 is 6.03 Å². The number of amides is 3. The molecule has 6 heteroatoms. The fraction of sp³-hybridized carbons (Fsp3) is 0.857. The summed E-state index contributed by atoms with van der Waals surface area (Å²) in [4.78, 5) is 27.3. The summed E-state index contributed by atoms with van der Waals surface area (Å²) < 4.78 is 5.18. The van der Waals surface area contributed by atoms with Gasteiger partial charge in [0.1, 0.15) is 0 Å². The van der Waals surface area contributed by atoms with Crippen molar-refractivity contribution in [1.82, 2.24) is 15.1 Å². The van der Waals surface area contributed by atoms with Gasteiger partial charge in [0.2, 0.25) is 5.91 Å². The Morgan fingerprint density at radius 3 is 2.35 bits per heavy atom. The highest BCUT2D eigenvalue weighted by Gasteiger charge is 2.35. The first-order chi connectivity index (χ1) is 9.41. The number of ether oxygens (including phenoxy) is 1. The van der Waals surface area contributed by atoms with Crippen molar-refractivity contribution >= 4 is 11.9 Å². The van der Waals surface area contributed by atoms with E-state index >= 15 is 0 Å². The van der Waals surface area contributed by atoms with Gasteiger partial charge in [0.05, 0.1) is 13.2 Å². The number of rotatable bonds is 3. The van der Waals surface area contributed by atoms with Crippen molar-refractivity contribution in [2.45, 2.75) is 19.8 Å². The van der Waals surface area contributed by atoms with Crippen molar-refractivity contribution in [3.63, 3.8) is 0 Å². The lowest BCUT2D eigenvalue weighted by molar-refractivity contribution is -0.131. The predicted molar refractivity (Wildman–Crippen MR) is 75.3 cm³/mol. The highest BCUT2D eigenvalue weighted by molar-refractivity contribution is 5.79. The van der Waals surface area contributed by atoms with Crippen LogP contribution in [0.3, 0.4) is 0 Å². The molecule has 0 aromatic carbocycles. The molecule has 2 rings (SSSR count). The Kier molecular flexibility index (Phi) is 4.52. The lowest BCUT2D eigenvalue weighted by Gasteiger charge is -2.39. The van der Waals surface area contributed by atoms with Crippen LogP contribution in [0.25, 0.3) is 0 Å². The van der Waals surface area contributed by atoms with Crippen molar-refractivity contribution < 1.29 is 14.3 Å². The molecule has 0 aliphatic carbocycles. The molecule has 0 saturated carbocycles. The number of nitrogens with zero attached hydrogens (tertiary/aromatic N) is 2. The molecule has 2 aliphatic rings. The van der Waals surface area contributed by atoms with Gasteiger partial charge in [0.15, 0.2) is 0 Å². The van der Waals surface area contributed by atoms with E-state index in [0.29, 0.717) is 19.6 Å². The highest BCUT2D eigenvalue weighted by atomic mass is 16.5. The molecule has 0 bridgehead atoms. The van der Waals surface area contributed by atoms with E-state index in [1.165, 1.54) is 0 Å². The molecule has 2 saturated heterocycles. The molecule has 3 amide bonds. The zero-order chi connectivity index (χ0) is 14.8.